The summed E-state index contributed by atoms with van der Waals surface area (Å²) >= 11 is 0. The summed E-state index contributed by atoms with van der Waals surface area (Å²) in [7, 11) is 0. The van der Waals surface area contributed by atoms with Crippen molar-refractivity contribution in [3.05, 3.63) is 47.5 Å². The van der Waals surface area contributed by atoms with E-state index in [1.165, 1.54) is 61.3 Å². The van der Waals surface area contributed by atoms with Crippen LogP contribution >= 0.6 is 0 Å². The van der Waals surface area contributed by atoms with Gasteiger partial charge in [0.05, 0.1) is 13.2 Å². The smallest absolute Gasteiger partial charge is 0.119 e. The van der Waals surface area contributed by atoms with Crippen LogP contribution in [0.25, 0.3) is 11.1 Å². The zero-order chi connectivity index (χ0) is 19.5. The highest BCUT2D eigenvalue weighted by molar-refractivity contribution is 5.78. The van der Waals surface area contributed by atoms with Crippen molar-refractivity contribution in [1.82, 2.24) is 9.80 Å². The number of fused-ring (bicyclic) bond motifs is 3. The second-order valence-electron chi connectivity index (χ2n) is 8.61. The molecule has 2 saturated heterocycles. The summed E-state index contributed by atoms with van der Waals surface area (Å²) in [6.07, 6.45) is 5.92. The quantitative estimate of drug-likeness (QED) is 0.483. The predicted molar refractivity (Wildman–Crippen MR) is 117 cm³/mol. The number of hydrogen-bond acceptors (Lipinski definition) is 4. The molecular weight excluding hydrogens is 360 g/mol. The van der Waals surface area contributed by atoms with Gasteiger partial charge in [-0.05, 0) is 105 Å². The van der Waals surface area contributed by atoms with E-state index in [1.54, 1.807) is 0 Å². The van der Waals surface area contributed by atoms with Crippen LogP contribution in [0.2, 0.25) is 0 Å². The van der Waals surface area contributed by atoms with E-state index in [4.69, 9.17) is 9.47 Å². The molecule has 2 aliphatic heterocycles. The molecule has 154 valence electrons. The Morgan fingerprint density at radius 1 is 0.655 bits per heavy atom. The summed E-state index contributed by atoms with van der Waals surface area (Å²) in [6, 6.07) is 13.2. The van der Waals surface area contributed by atoms with E-state index in [2.05, 4.69) is 46.2 Å². The molecule has 2 fully saturated rings. The van der Waals surface area contributed by atoms with E-state index >= 15 is 0 Å². The Balaban J connectivity index is 1.15. The Labute approximate surface area is 174 Å². The molecule has 2 aromatic rings. The fourth-order valence-electron chi connectivity index (χ4n) is 4.49. The van der Waals surface area contributed by atoms with Crippen LogP contribution in [0, 0.1) is 0 Å². The van der Waals surface area contributed by atoms with Crippen molar-refractivity contribution in [3.8, 4) is 22.6 Å². The summed E-state index contributed by atoms with van der Waals surface area (Å²) in [4.78, 5) is 4.99. The zero-order valence-corrected chi connectivity index (χ0v) is 17.4. The van der Waals surface area contributed by atoms with Crippen molar-refractivity contribution in [1.29, 1.82) is 0 Å². The van der Waals surface area contributed by atoms with Gasteiger partial charge in [0.25, 0.3) is 0 Å². The lowest BCUT2D eigenvalue weighted by Gasteiger charge is -2.30. The molecule has 0 unspecified atom stereocenters. The molecule has 0 aromatic heterocycles. The number of likely N-dealkylation sites (tertiary alicyclic amines) is 2. The van der Waals surface area contributed by atoms with E-state index in [9.17, 15) is 0 Å². The molecular formula is C25H32N2O2. The molecule has 2 heterocycles. The lowest BCUT2D eigenvalue weighted by atomic mass is 10.1. The van der Waals surface area contributed by atoms with Gasteiger partial charge < -0.3 is 19.3 Å². The zero-order valence-electron chi connectivity index (χ0n) is 17.4. The monoisotopic (exact) mass is 392 g/mol. The fourth-order valence-corrected chi connectivity index (χ4v) is 4.49. The van der Waals surface area contributed by atoms with Crippen molar-refractivity contribution in [2.45, 2.75) is 32.1 Å². The van der Waals surface area contributed by atoms with Gasteiger partial charge in [-0.15, -0.1) is 0 Å². The van der Waals surface area contributed by atoms with Crippen LogP contribution in [-0.2, 0) is 6.42 Å². The van der Waals surface area contributed by atoms with Crippen molar-refractivity contribution < 1.29 is 9.47 Å². The lowest BCUT2D eigenvalue weighted by molar-refractivity contribution is 0.165. The third kappa shape index (κ3) is 4.44. The van der Waals surface area contributed by atoms with Crippen LogP contribution in [0.4, 0.5) is 0 Å². The molecule has 0 N–H and O–H groups in total. The van der Waals surface area contributed by atoms with Gasteiger partial charge in [0.15, 0.2) is 0 Å². The molecule has 1 aliphatic carbocycles. The molecule has 4 nitrogen and oxygen atoms in total. The maximum absolute atomic E-state index is 6.03. The molecule has 0 radical (unpaired) electrons. The first-order valence-electron chi connectivity index (χ1n) is 11.3. The van der Waals surface area contributed by atoms with Crippen LogP contribution < -0.4 is 9.47 Å². The fraction of sp³-hybridized carbons (Fsp3) is 0.520. The highest BCUT2D eigenvalue weighted by atomic mass is 16.5. The van der Waals surface area contributed by atoms with Crippen LogP contribution in [0.15, 0.2) is 36.4 Å². The molecule has 29 heavy (non-hydrogen) atoms. The summed E-state index contributed by atoms with van der Waals surface area (Å²) in [6.45, 7) is 8.98. The average Bonchev–Trinajstić information content (AvgIpc) is 3.02. The highest BCUT2D eigenvalue weighted by Crippen LogP contribution is 2.40. The Morgan fingerprint density at radius 2 is 1.28 bits per heavy atom. The van der Waals surface area contributed by atoms with Gasteiger partial charge in [-0.2, -0.15) is 0 Å². The molecule has 4 heteroatoms. The normalized spacial score (nSPS) is 17.9. The van der Waals surface area contributed by atoms with Crippen LogP contribution in [0.3, 0.4) is 0 Å². The van der Waals surface area contributed by atoms with Crippen LogP contribution in [-0.4, -0.2) is 62.3 Å². The van der Waals surface area contributed by atoms with Gasteiger partial charge in [0, 0.05) is 13.1 Å². The van der Waals surface area contributed by atoms with E-state index in [0.29, 0.717) is 0 Å². The minimum Gasteiger partial charge on any atom is -0.494 e. The maximum atomic E-state index is 6.03. The molecule has 5 rings (SSSR count). The second-order valence-corrected chi connectivity index (χ2v) is 8.61. The molecule has 0 saturated carbocycles. The first-order valence-corrected chi connectivity index (χ1v) is 11.3. The van der Waals surface area contributed by atoms with Crippen molar-refractivity contribution in [2.75, 3.05) is 52.5 Å². The number of rotatable bonds is 10. The summed E-state index contributed by atoms with van der Waals surface area (Å²) < 4.78 is 12.0. The first-order chi connectivity index (χ1) is 14.3. The minimum absolute atomic E-state index is 0.798. The largest absolute Gasteiger partial charge is 0.494 e. The van der Waals surface area contributed by atoms with Gasteiger partial charge in [-0.1, -0.05) is 12.1 Å². The summed E-state index contributed by atoms with van der Waals surface area (Å²) in [5.41, 5.74) is 5.42. The van der Waals surface area contributed by atoms with Crippen LogP contribution in [0.1, 0.15) is 36.8 Å². The SMILES string of the molecule is c1cc2c(cc1OCCCN1CCC1)Cc1ccc(OCCCN3CCC3)cc1-2. The van der Waals surface area contributed by atoms with Gasteiger partial charge in [-0.3, -0.25) is 0 Å². The first kappa shape index (κ1) is 19.0. The number of benzene rings is 2. The molecule has 0 atom stereocenters. The average molecular weight is 393 g/mol. The Bertz CT molecular complexity index is 843. The minimum atomic E-state index is 0.798. The standard InChI is InChI=1S/C25H32N2O2/c1-9-26(10-1)13-3-15-28-22-7-8-24-21(18-22)17-20-5-6-23(19-25(20)24)29-16-4-14-27-11-2-12-27/h5-8,18-19H,1-4,9-17H2. The van der Waals surface area contributed by atoms with E-state index in [0.717, 1.165) is 57.1 Å². The highest BCUT2D eigenvalue weighted by Gasteiger charge is 2.20. The Kier molecular flexibility index (Phi) is 5.73. The summed E-state index contributed by atoms with van der Waals surface area (Å²) in [5.74, 6) is 1.99. The predicted octanol–water partition coefficient (Wildman–Crippen LogP) is 4.21. The van der Waals surface area contributed by atoms with Gasteiger partial charge in [0.2, 0.25) is 0 Å². The van der Waals surface area contributed by atoms with E-state index in [1.807, 2.05) is 0 Å². The molecule has 0 amide bonds. The third-order valence-electron chi connectivity index (χ3n) is 6.50. The van der Waals surface area contributed by atoms with E-state index < -0.39 is 0 Å². The number of hydrogen-bond donors (Lipinski definition) is 0. The van der Waals surface area contributed by atoms with Crippen molar-refractivity contribution >= 4 is 0 Å². The lowest BCUT2D eigenvalue weighted by Crippen LogP contribution is -2.38. The van der Waals surface area contributed by atoms with Gasteiger partial charge >= 0.3 is 0 Å². The summed E-state index contributed by atoms with van der Waals surface area (Å²) in [5, 5.41) is 0. The Hall–Kier alpha value is -2.04. The second kappa shape index (κ2) is 8.76. The maximum Gasteiger partial charge on any atom is 0.119 e. The Morgan fingerprint density at radius 3 is 1.90 bits per heavy atom. The molecule has 0 bridgehead atoms. The van der Waals surface area contributed by atoms with Crippen molar-refractivity contribution in [2.24, 2.45) is 0 Å². The van der Waals surface area contributed by atoms with Crippen LogP contribution in [0.5, 0.6) is 11.5 Å². The number of nitrogens with zero attached hydrogens (tertiary/aromatic N) is 2. The molecule has 0 spiro atoms. The van der Waals surface area contributed by atoms with Crippen molar-refractivity contribution in [3.63, 3.8) is 0 Å². The molecule has 3 aliphatic rings. The van der Waals surface area contributed by atoms with E-state index in [-0.39, 0.29) is 0 Å². The topological polar surface area (TPSA) is 24.9 Å². The molecule has 2 aromatic carbocycles. The third-order valence-corrected chi connectivity index (χ3v) is 6.50. The van der Waals surface area contributed by atoms with Gasteiger partial charge in [-0.25, -0.2) is 0 Å². The number of ether oxygens (including phenoxy) is 2. The van der Waals surface area contributed by atoms with Gasteiger partial charge in [0.1, 0.15) is 11.5 Å².